The molecule has 0 bridgehead atoms. The number of anilines is 1. The number of nitrogens with one attached hydrogen (secondary N) is 2. The maximum Gasteiger partial charge on any atom is 0.414 e. The molecule has 0 aliphatic carbocycles. The van der Waals surface area contributed by atoms with E-state index in [1.54, 1.807) is 4.90 Å². The van der Waals surface area contributed by atoms with E-state index in [1.807, 2.05) is 30.3 Å². The number of carbonyl (C=O) groups excluding carboxylic acids is 3. The van der Waals surface area contributed by atoms with Crippen molar-refractivity contribution in [2.24, 2.45) is 0 Å². The van der Waals surface area contributed by atoms with Gasteiger partial charge in [-0.25, -0.2) is 4.79 Å². The quantitative estimate of drug-likeness (QED) is 0.841. The van der Waals surface area contributed by atoms with Crippen LogP contribution in [0.4, 0.5) is 10.5 Å². The summed E-state index contributed by atoms with van der Waals surface area (Å²) in [5, 5.41) is 5.40. The van der Waals surface area contributed by atoms with Crippen molar-refractivity contribution in [2.45, 2.75) is 31.4 Å². The lowest BCUT2D eigenvalue weighted by Gasteiger charge is -2.13. The normalized spacial score (nSPS) is 23.6. The summed E-state index contributed by atoms with van der Waals surface area (Å²) in [5.41, 5.74) is 0.803. The highest BCUT2D eigenvalue weighted by atomic mass is 16.6. The Morgan fingerprint density at radius 2 is 2.09 bits per heavy atom. The third kappa shape index (κ3) is 3.61. The number of nitrogens with zero attached hydrogens (tertiary/aromatic N) is 1. The van der Waals surface area contributed by atoms with E-state index in [-0.39, 0.29) is 24.0 Å². The fraction of sp³-hybridized carbons (Fsp3) is 0.438. The van der Waals surface area contributed by atoms with Gasteiger partial charge in [0.15, 0.2) is 0 Å². The number of carbonyl (C=O) groups is 3. The first-order valence-corrected chi connectivity index (χ1v) is 7.74. The number of cyclic esters (lactones) is 1. The van der Waals surface area contributed by atoms with Crippen molar-refractivity contribution in [1.29, 1.82) is 0 Å². The second-order valence-corrected chi connectivity index (χ2v) is 5.69. The van der Waals surface area contributed by atoms with Gasteiger partial charge in [0.25, 0.3) is 0 Å². The molecule has 0 spiro atoms. The topological polar surface area (TPSA) is 87.7 Å². The number of amides is 3. The van der Waals surface area contributed by atoms with Crippen LogP contribution in [-0.2, 0) is 14.3 Å². The fourth-order valence-electron chi connectivity index (χ4n) is 2.78. The molecule has 2 fully saturated rings. The van der Waals surface area contributed by atoms with Crippen LogP contribution in [0.15, 0.2) is 30.3 Å². The van der Waals surface area contributed by atoms with Crippen LogP contribution in [0.3, 0.4) is 0 Å². The molecule has 2 aliphatic rings. The number of para-hydroxylation sites is 1. The van der Waals surface area contributed by atoms with Gasteiger partial charge in [-0.1, -0.05) is 18.2 Å². The SMILES string of the molecule is O=C1CCC(C(=O)NCCC2CN(c3ccccc3)C(=O)O2)N1. The molecule has 3 rings (SSSR count). The zero-order chi connectivity index (χ0) is 16.2. The summed E-state index contributed by atoms with van der Waals surface area (Å²) in [7, 11) is 0. The third-order valence-electron chi connectivity index (χ3n) is 4.02. The highest BCUT2D eigenvalue weighted by Crippen LogP contribution is 2.22. The number of rotatable bonds is 5. The molecule has 0 aromatic heterocycles. The van der Waals surface area contributed by atoms with Gasteiger partial charge in [-0.2, -0.15) is 0 Å². The number of ether oxygens (including phenoxy) is 1. The predicted molar refractivity (Wildman–Crippen MR) is 82.8 cm³/mol. The van der Waals surface area contributed by atoms with Crippen molar-refractivity contribution in [3.05, 3.63) is 30.3 Å². The van der Waals surface area contributed by atoms with Gasteiger partial charge >= 0.3 is 6.09 Å². The van der Waals surface area contributed by atoms with Gasteiger partial charge in [0, 0.05) is 25.1 Å². The molecule has 2 N–H and O–H groups in total. The summed E-state index contributed by atoms with van der Waals surface area (Å²) in [5.74, 6) is -0.270. The number of hydrogen-bond donors (Lipinski definition) is 2. The average molecular weight is 317 g/mol. The molecule has 23 heavy (non-hydrogen) atoms. The second kappa shape index (κ2) is 6.68. The number of benzene rings is 1. The minimum absolute atomic E-state index is 0.0895. The van der Waals surface area contributed by atoms with E-state index in [2.05, 4.69) is 10.6 Å². The Morgan fingerprint density at radius 3 is 2.78 bits per heavy atom. The average Bonchev–Trinajstić information content (AvgIpc) is 3.14. The Labute approximate surface area is 134 Å². The molecule has 7 heteroatoms. The van der Waals surface area contributed by atoms with Crippen molar-refractivity contribution >= 4 is 23.6 Å². The van der Waals surface area contributed by atoms with E-state index in [4.69, 9.17) is 4.74 Å². The lowest BCUT2D eigenvalue weighted by Crippen LogP contribution is -2.42. The van der Waals surface area contributed by atoms with Gasteiger partial charge in [0.1, 0.15) is 12.1 Å². The Bertz CT molecular complexity index is 605. The molecule has 2 aliphatic heterocycles. The first kappa shape index (κ1) is 15.3. The van der Waals surface area contributed by atoms with Crippen LogP contribution in [0.1, 0.15) is 19.3 Å². The molecule has 2 heterocycles. The lowest BCUT2D eigenvalue weighted by molar-refractivity contribution is -0.125. The van der Waals surface area contributed by atoms with Crippen LogP contribution >= 0.6 is 0 Å². The molecule has 122 valence electrons. The summed E-state index contributed by atoms with van der Waals surface area (Å²) >= 11 is 0. The first-order valence-electron chi connectivity index (χ1n) is 7.74. The van der Waals surface area contributed by atoms with Crippen molar-refractivity contribution in [3.8, 4) is 0 Å². The molecule has 2 saturated heterocycles. The third-order valence-corrected chi connectivity index (χ3v) is 4.02. The molecular formula is C16H19N3O4. The van der Waals surface area contributed by atoms with Gasteiger partial charge in [0.2, 0.25) is 11.8 Å². The Balaban J connectivity index is 1.44. The summed E-state index contributed by atoms with van der Waals surface area (Å²) in [6.45, 7) is 0.880. The number of hydrogen-bond acceptors (Lipinski definition) is 4. The fourth-order valence-corrected chi connectivity index (χ4v) is 2.78. The minimum atomic E-state index is -0.436. The monoisotopic (exact) mass is 317 g/mol. The Kier molecular flexibility index (Phi) is 4.45. The van der Waals surface area contributed by atoms with E-state index < -0.39 is 6.04 Å². The van der Waals surface area contributed by atoms with Gasteiger partial charge in [-0.3, -0.25) is 14.5 Å². The highest BCUT2D eigenvalue weighted by molar-refractivity contribution is 5.91. The highest BCUT2D eigenvalue weighted by Gasteiger charge is 2.32. The van der Waals surface area contributed by atoms with Gasteiger partial charge in [0.05, 0.1) is 6.54 Å². The van der Waals surface area contributed by atoms with E-state index >= 15 is 0 Å². The predicted octanol–water partition coefficient (Wildman–Crippen LogP) is 0.797. The summed E-state index contributed by atoms with van der Waals surface area (Å²) in [4.78, 5) is 36.4. The molecule has 0 radical (unpaired) electrons. The van der Waals surface area contributed by atoms with Crippen LogP contribution < -0.4 is 15.5 Å². The minimum Gasteiger partial charge on any atom is -0.444 e. The molecule has 2 atom stereocenters. The van der Waals surface area contributed by atoms with Crippen molar-refractivity contribution in [1.82, 2.24) is 10.6 Å². The molecule has 7 nitrogen and oxygen atoms in total. The van der Waals surface area contributed by atoms with E-state index in [0.29, 0.717) is 32.4 Å². The van der Waals surface area contributed by atoms with Gasteiger partial charge < -0.3 is 15.4 Å². The molecule has 3 amide bonds. The van der Waals surface area contributed by atoms with E-state index in [9.17, 15) is 14.4 Å². The van der Waals surface area contributed by atoms with Crippen LogP contribution in [-0.4, -0.2) is 43.1 Å². The molecule has 1 aromatic carbocycles. The van der Waals surface area contributed by atoms with Crippen LogP contribution in [0.5, 0.6) is 0 Å². The summed E-state index contributed by atoms with van der Waals surface area (Å²) < 4.78 is 5.32. The van der Waals surface area contributed by atoms with Crippen molar-refractivity contribution in [2.75, 3.05) is 18.0 Å². The second-order valence-electron chi connectivity index (χ2n) is 5.69. The maximum absolute atomic E-state index is 11.9. The maximum atomic E-state index is 11.9. The Morgan fingerprint density at radius 1 is 1.30 bits per heavy atom. The largest absolute Gasteiger partial charge is 0.444 e. The Hall–Kier alpha value is -2.57. The zero-order valence-electron chi connectivity index (χ0n) is 12.7. The standard InChI is InChI=1S/C16H19N3O4/c20-14-7-6-13(18-14)15(21)17-9-8-12-10-19(16(22)23-12)11-4-2-1-3-5-11/h1-5,12-13H,6-10H2,(H,17,21)(H,18,20). The molecule has 0 saturated carbocycles. The molecule has 1 aromatic rings. The van der Waals surface area contributed by atoms with Gasteiger partial charge in [-0.05, 0) is 18.6 Å². The summed E-state index contributed by atoms with van der Waals surface area (Å²) in [6, 6.07) is 8.90. The molecular weight excluding hydrogens is 298 g/mol. The first-order chi connectivity index (χ1) is 11.1. The van der Waals surface area contributed by atoms with Crippen LogP contribution in [0.2, 0.25) is 0 Å². The van der Waals surface area contributed by atoms with E-state index in [1.165, 1.54) is 0 Å². The lowest BCUT2D eigenvalue weighted by atomic mass is 10.2. The van der Waals surface area contributed by atoms with Crippen molar-refractivity contribution < 1.29 is 19.1 Å². The zero-order valence-corrected chi connectivity index (χ0v) is 12.7. The van der Waals surface area contributed by atoms with Crippen molar-refractivity contribution in [3.63, 3.8) is 0 Å². The van der Waals surface area contributed by atoms with Crippen LogP contribution in [0.25, 0.3) is 0 Å². The van der Waals surface area contributed by atoms with E-state index in [0.717, 1.165) is 5.69 Å². The van der Waals surface area contributed by atoms with Crippen LogP contribution in [0, 0.1) is 0 Å². The smallest absolute Gasteiger partial charge is 0.414 e. The summed E-state index contributed by atoms with van der Waals surface area (Å²) in [6.07, 6.45) is 0.855. The molecule has 2 unspecified atom stereocenters. The van der Waals surface area contributed by atoms with Gasteiger partial charge in [-0.15, -0.1) is 0 Å².